The largest absolute Gasteiger partial charge is 0.480 e. The second-order valence-corrected chi connectivity index (χ2v) is 4.57. The van der Waals surface area contributed by atoms with E-state index in [1.54, 1.807) is 24.3 Å². The molecule has 1 aromatic heterocycles. The van der Waals surface area contributed by atoms with Crippen molar-refractivity contribution < 1.29 is 14.7 Å². The Morgan fingerprint density at radius 2 is 2.00 bits per heavy atom. The van der Waals surface area contributed by atoms with Crippen LogP contribution in [0.15, 0.2) is 34.9 Å². The smallest absolute Gasteiger partial charge is 0.325 e. The summed E-state index contributed by atoms with van der Waals surface area (Å²) in [6, 6.07) is 7.03. The number of carboxylic acid groups (broad SMARTS) is 1. The second kappa shape index (κ2) is 5.61. The van der Waals surface area contributed by atoms with Crippen LogP contribution in [0.2, 0.25) is 0 Å². The molecule has 2 N–H and O–H groups in total. The standard InChI is InChI=1S/C11H9BrN4O3/c12-7-1-3-8(4-2-7)13-11(19)9-5-16(15-14-9)6-10(17)18/h1-5H,6H2,(H,13,19)(H,17,18). The molecule has 0 atom stereocenters. The van der Waals surface area contributed by atoms with Crippen molar-refractivity contribution in [2.75, 3.05) is 5.32 Å². The number of amides is 1. The highest BCUT2D eigenvalue weighted by atomic mass is 79.9. The fourth-order valence-corrected chi connectivity index (χ4v) is 1.61. The number of benzene rings is 1. The first-order valence-corrected chi connectivity index (χ1v) is 6.03. The molecule has 8 heteroatoms. The average molecular weight is 325 g/mol. The molecule has 0 saturated heterocycles. The molecule has 98 valence electrons. The maximum Gasteiger partial charge on any atom is 0.325 e. The predicted octanol–water partition coefficient (Wildman–Crippen LogP) is 1.38. The fraction of sp³-hybridized carbons (Fsp3) is 0.0909. The molecule has 0 aliphatic heterocycles. The predicted molar refractivity (Wildman–Crippen MR) is 69.8 cm³/mol. The third-order valence-electron chi connectivity index (χ3n) is 2.17. The highest BCUT2D eigenvalue weighted by Gasteiger charge is 2.12. The molecule has 0 spiro atoms. The molecule has 0 radical (unpaired) electrons. The summed E-state index contributed by atoms with van der Waals surface area (Å²) in [5, 5.41) is 18.4. The van der Waals surface area contributed by atoms with Gasteiger partial charge in [-0.15, -0.1) is 5.10 Å². The van der Waals surface area contributed by atoms with Gasteiger partial charge in [0.15, 0.2) is 5.69 Å². The molecular formula is C11H9BrN4O3. The lowest BCUT2D eigenvalue weighted by atomic mass is 10.3. The van der Waals surface area contributed by atoms with E-state index < -0.39 is 11.9 Å². The van der Waals surface area contributed by atoms with Crippen LogP contribution in [0.4, 0.5) is 5.69 Å². The SMILES string of the molecule is O=C(O)Cn1cc(C(=O)Nc2ccc(Br)cc2)nn1. The van der Waals surface area contributed by atoms with E-state index in [9.17, 15) is 9.59 Å². The number of hydrogen-bond acceptors (Lipinski definition) is 4. The molecule has 0 fully saturated rings. The summed E-state index contributed by atoms with van der Waals surface area (Å²) >= 11 is 3.29. The monoisotopic (exact) mass is 324 g/mol. The Bertz CT molecular complexity index is 609. The molecule has 0 bridgehead atoms. The molecule has 0 unspecified atom stereocenters. The highest BCUT2D eigenvalue weighted by molar-refractivity contribution is 9.10. The summed E-state index contributed by atoms with van der Waals surface area (Å²) in [6.45, 7) is -0.335. The van der Waals surface area contributed by atoms with Crippen LogP contribution in [0.5, 0.6) is 0 Å². The van der Waals surface area contributed by atoms with Crippen molar-refractivity contribution in [2.24, 2.45) is 0 Å². The number of halogens is 1. The van der Waals surface area contributed by atoms with Crippen LogP contribution in [-0.4, -0.2) is 32.0 Å². The summed E-state index contributed by atoms with van der Waals surface area (Å²) in [7, 11) is 0. The Labute approximate surface area is 116 Å². The maximum absolute atomic E-state index is 11.8. The van der Waals surface area contributed by atoms with Crippen LogP contribution >= 0.6 is 15.9 Å². The molecule has 19 heavy (non-hydrogen) atoms. The number of carbonyl (C=O) groups excluding carboxylic acids is 1. The molecule has 2 aromatic rings. The third-order valence-corrected chi connectivity index (χ3v) is 2.70. The minimum Gasteiger partial charge on any atom is -0.480 e. The number of aliphatic carboxylic acids is 1. The van der Waals surface area contributed by atoms with Crippen LogP contribution in [0, 0.1) is 0 Å². The van der Waals surface area contributed by atoms with E-state index in [4.69, 9.17) is 5.11 Å². The van der Waals surface area contributed by atoms with E-state index >= 15 is 0 Å². The van der Waals surface area contributed by atoms with Crippen LogP contribution < -0.4 is 5.32 Å². The van der Waals surface area contributed by atoms with Gasteiger partial charge in [-0.3, -0.25) is 9.59 Å². The number of rotatable bonds is 4. The van der Waals surface area contributed by atoms with Gasteiger partial charge in [0, 0.05) is 10.2 Å². The zero-order valence-electron chi connectivity index (χ0n) is 9.58. The molecule has 1 heterocycles. The summed E-state index contributed by atoms with van der Waals surface area (Å²) in [6.07, 6.45) is 1.28. The summed E-state index contributed by atoms with van der Waals surface area (Å²) in [4.78, 5) is 22.3. The number of nitrogens with one attached hydrogen (secondary N) is 1. The fourth-order valence-electron chi connectivity index (χ4n) is 1.35. The normalized spacial score (nSPS) is 10.2. The van der Waals surface area contributed by atoms with E-state index in [-0.39, 0.29) is 12.2 Å². The number of nitrogens with zero attached hydrogens (tertiary/aromatic N) is 3. The van der Waals surface area contributed by atoms with E-state index in [0.717, 1.165) is 9.15 Å². The maximum atomic E-state index is 11.8. The van der Waals surface area contributed by atoms with Crippen LogP contribution in [0.1, 0.15) is 10.5 Å². The first kappa shape index (κ1) is 13.2. The lowest BCUT2D eigenvalue weighted by Gasteiger charge is -2.02. The molecule has 1 aromatic carbocycles. The molecule has 1 amide bonds. The summed E-state index contributed by atoms with van der Waals surface area (Å²) in [5.74, 6) is -1.50. The number of carbonyl (C=O) groups is 2. The number of carboxylic acids is 1. The van der Waals surface area contributed by atoms with Crippen molar-refractivity contribution in [3.63, 3.8) is 0 Å². The quantitative estimate of drug-likeness (QED) is 0.885. The highest BCUT2D eigenvalue weighted by Crippen LogP contribution is 2.14. The van der Waals surface area contributed by atoms with Gasteiger partial charge in [0.2, 0.25) is 0 Å². The van der Waals surface area contributed by atoms with Crippen molar-refractivity contribution in [3.05, 3.63) is 40.6 Å². The molecule has 0 saturated carbocycles. The minimum absolute atomic E-state index is 0.0594. The van der Waals surface area contributed by atoms with Crippen molar-refractivity contribution >= 4 is 33.5 Å². The topological polar surface area (TPSA) is 97.1 Å². The van der Waals surface area contributed by atoms with Crippen LogP contribution in [0.3, 0.4) is 0 Å². The van der Waals surface area contributed by atoms with Gasteiger partial charge in [-0.2, -0.15) is 0 Å². The van der Waals surface area contributed by atoms with Crippen molar-refractivity contribution in [1.29, 1.82) is 0 Å². The molecule has 2 rings (SSSR count). The lowest BCUT2D eigenvalue weighted by molar-refractivity contribution is -0.137. The van der Waals surface area contributed by atoms with Gasteiger partial charge in [-0.25, -0.2) is 4.68 Å². The Kier molecular flexibility index (Phi) is 3.91. The van der Waals surface area contributed by atoms with Crippen molar-refractivity contribution in [3.8, 4) is 0 Å². The van der Waals surface area contributed by atoms with E-state index in [1.165, 1.54) is 6.20 Å². The number of hydrogen-bond donors (Lipinski definition) is 2. The molecule has 0 aliphatic rings. The van der Waals surface area contributed by atoms with Gasteiger partial charge < -0.3 is 10.4 Å². The van der Waals surface area contributed by atoms with Gasteiger partial charge in [0.25, 0.3) is 5.91 Å². The van der Waals surface area contributed by atoms with Gasteiger partial charge in [0.1, 0.15) is 6.54 Å². The first-order chi connectivity index (χ1) is 9.04. The summed E-state index contributed by atoms with van der Waals surface area (Å²) < 4.78 is 1.98. The number of anilines is 1. The summed E-state index contributed by atoms with van der Waals surface area (Å²) in [5.41, 5.74) is 0.671. The lowest BCUT2D eigenvalue weighted by Crippen LogP contribution is -2.12. The number of aromatic nitrogens is 3. The molecular weight excluding hydrogens is 316 g/mol. The van der Waals surface area contributed by atoms with Gasteiger partial charge in [-0.05, 0) is 24.3 Å². The van der Waals surface area contributed by atoms with Gasteiger partial charge in [0.05, 0.1) is 6.20 Å². The Hall–Kier alpha value is -2.22. The van der Waals surface area contributed by atoms with Crippen LogP contribution in [0.25, 0.3) is 0 Å². The molecule has 7 nitrogen and oxygen atoms in total. The average Bonchev–Trinajstić information content (AvgIpc) is 2.80. The second-order valence-electron chi connectivity index (χ2n) is 3.66. The molecule has 0 aliphatic carbocycles. The third kappa shape index (κ3) is 3.62. The van der Waals surface area contributed by atoms with E-state index in [1.807, 2.05) is 0 Å². The first-order valence-electron chi connectivity index (χ1n) is 5.23. The zero-order chi connectivity index (χ0) is 13.8. The Morgan fingerprint density at radius 1 is 1.32 bits per heavy atom. The zero-order valence-corrected chi connectivity index (χ0v) is 11.2. The van der Waals surface area contributed by atoms with E-state index in [2.05, 4.69) is 31.6 Å². The van der Waals surface area contributed by atoms with Gasteiger partial charge >= 0.3 is 5.97 Å². The Morgan fingerprint density at radius 3 is 2.63 bits per heavy atom. The van der Waals surface area contributed by atoms with Crippen molar-refractivity contribution in [2.45, 2.75) is 6.54 Å². The van der Waals surface area contributed by atoms with Crippen LogP contribution in [-0.2, 0) is 11.3 Å². The Balaban J connectivity index is 2.05. The van der Waals surface area contributed by atoms with Gasteiger partial charge in [-0.1, -0.05) is 21.1 Å². The van der Waals surface area contributed by atoms with Crippen molar-refractivity contribution in [1.82, 2.24) is 15.0 Å². The van der Waals surface area contributed by atoms with E-state index in [0.29, 0.717) is 5.69 Å². The minimum atomic E-state index is -1.05.